The van der Waals surface area contributed by atoms with Gasteiger partial charge >= 0.3 is 0 Å². The van der Waals surface area contributed by atoms with Crippen LogP contribution < -0.4 is 14.8 Å². The number of hydrogen-bond donors (Lipinski definition) is 1. The van der Waals surface area contributed by atoms with Gasteiger partial charge in [0.2, 0.25) is 12.7 Å². The Bertz CT molecular complexity index is 476. The second-order valence-corrected chi connectivity index (χ2v) is 5.07. The summed E-state index contributed by atoms with van der Waals surface area (Å²) in [5, 5.41) is 2.92. The van der Waals surface area contributed by atoms with E-state index in [-0.39, 0.29) is 18.7 Å². The van der Waals surface area contributed by atoms with E-state index in [1.54, 1.807) is 0 Å². The first kappa shape index (κ1) is 14.7. The van der Waals surface area contributed by atoms with Crippen molar-refractivity contribution in [2.75, 3.05) is 20.4 Å². The number of carbonyl (C=O) groups is 1. The minimum absolute atomic E-state index is 0.0649. The molecule has 0 radical (unpaired) electrons. The molecule has 1 amide bonds. The highest BCUT2D eigenvalue weighted by Crippen LogP contribution is 2.32. The van der Waals surface area contributed by atoms with Gasteiger partial charge in [0.15, 0.2) is 11.5 Å². The van der Waals surface area contributed by atoms with Gasteiger partial charge in [0.25, 0.3) is 0 Å². The molecule has 0 fully saturated rings. The molecule has 1 aliphatic rings. The third kappa shape index (κ3) is 3.42. The lowest BCUT2D eigenvalue weighted by atomic mass is 10.1. The monoisotopic (exact) mass is 278 g/mol. The predicted molar refractivity (Wildman–Crippen MR) is 76.8 cm³/mol. The summed E-state index contributed by atoms with van der Waals surface area (Å²) >= 11 is 0. The van der Waals surface area contributed by atoms with E-state index in [2.05, 4.69) is 5.32 Å². The zero-order valence-electron chi connectivity index (χ0n) is 12.3. The number of likely N-dealkylation sites (N-methyl/N-ethyl adjacent to an activating group) is 1. The first-order chi connectivity index (χ1) is 9.61. The van der Waals surface area contributed by atoms with Gasteiger partial charge in [0, 0.05) is 13.1 Å². The van der Waals surface area contributed by atoms with Gasteiger partial charge in [0.1, 0.15) is 0 Å². The third-order valence-corrected chi connectivity index (χ3v) is 3.46. The second kappa shape index (κ2) is 6.61. The molecule has 0 aromatic heterocycles. The van der Waals surface area contributed by atoms with E-state index >= 15 is 0 Å². The van der Waals surface area contributed by atoms with E-state index in [4.69, 9.17) is 9.47 Å². The van der Waals surface area contributed by atoms with Crippen molar-refractivity contribution < 1.29 is 14.3 Å². The lowest BCUT2D eigenvalue weighted by molar-refractivity contribution is -0.125. The SMILES string of the molecule is CCCNC(=O)C(C)N(C)Cc1ccc2c(c1)OCO2. The highest BCUT2D eigenvalue weighted by Gasteiger charge is 2.19. The maximum atomic E-state index is 11.9. The molecule has 1 aromatic rings. The van der Waals surface area contributed by atoms with Gasteiger partial charge in [-0.05, 0) is 38.1 Å². The molecule has 0 spiro atoms. The first-order valence-corrected chi connectivity index (χ1v) is 6.98. The molecule has 1 N–H and O–H groups in total. The summed E-state index contributed by atoms with van der Waals surface area (Å²) in [6.45, 7) is 5.65. The van der Waals surface area contributed by atoms with E-state index in [1.165, 1.54) is 0 Å². The number of rotatable bonds is 6. The number of nitrogens with zero attached hydrogens (tertiary/aromatic N) is 1. The van der Waals surface area contributed by atoms with Crippen molar-refractivity contribution in [1.29, 1.82) is 0 Å². The molecule has 110 valence electrons. The van der Waals surface area contributed by atoms with Crippen LogP contribution in [-0.2, 0) is 11.3 Å². The Labute approximate surface area is 119 Å². The molecule has 0 aliphatic carbocycles. The van der Waals surface area contributed by atoms with Gasteiger partial charge in [0.05, 0.1) is 6.04 Å². The summed E-state index contributed by atoms with van der Waals surface area (Å²) in [7, 11) is 1.95. The quantitative estimate of drug-likeness (QED) is 0.861. The van der Waals surface area contributed by atoms with E-state index in [9.17, 15) is 4.79 Å². The lowest BCUT2D eigenvalue weighted by Crippen LogP contribution is -2.43. The number of benzene rings is 1. The molecule has 0 bridgehead atoms. The van der Waals surface area contributed by atoms with Gasteiger partial charge < -0.3 is 14.8 Å². The van der Waals surface area contributed by atoms with Crippen molar-refractivity contribution in [3.63, 3.8) is 0 Å². The van der Waals surface area contributed by atoms with Crippen molar-refractivity contribution in [2.45, 2.75) is 32.9 Å². The number of ether oxygens (including phenoxy) is 2. The predicted octanol–water partition coefficient (Wildman–Crippen LogP) is 1.76. The fourth-order valence-corrected chi connectivity index (χ4v) is 2.06. The Balaban J connectivity index is 1.93. The Morgan fingerprint density at radius 2 is 2.15 bits per heavy atom. The van der Waals surface area contributed by atoms with E-state index < -0.39 is 0 Å². The number of fused-ring (bicyclic) bond motifs is 1. The molecular weight excluding hydrogens is 256 g/mol. The Morgan fingerprint density at radius 3 is 2.90 bits per heavy atom. The number of hydrogen-bond acceptors (Lipinski definition) is 4. The third-order valence-electron chi connectivity index (χ3n) is 3.46. The van der Waals surface area contributed by atoms with Crippen molar-refractivity contribution in [3.05, 3.63) is 23.8 Å². The smallest absolute Gasteiger partial charge is 0.237 e. The average Bonchev–Trinajstić information content (AvgIpc) is 2.91. The van der Waals surface area contributed by atoms with E-state index in [0.29, 0.717) is 6.54 Å². The van der Waals surface area contributed by atoms with Gasteiger partial charge in [-0.25, -0.2) is 0 Å². The second-order valence-electron chi connectivity index (χ2n) is 5.07. The largest absolute Gasteiger partial charge is 0.454 e. The maximum Gasteiger partial charge on any atom is 0.237 e. The highest BCUT2D eigenvalue weighted by molar-refractivity contribution is 5.81. The van der Waals surface area contributed by atoms with Gasteiger partial charge in [-0.3, -0.25) is 9.69 Å². The molecule has 5 heteroatoms. The lowest BCUT2D eigenvalue weighted by Gasteiger charge is -2.24. The molecule has 2 rings (SSSR count). The minimum Gasteiger partial charge on any atom is -0.454 e. The molecule has 1 unspecified atom stereocenters. The molecule has 20 heavy (non-hydrogen) atoms. The molecule has 0 saturated heterocycles. The number of nitrogens with one attached hydrogen (secondary N) is 1. The fourth-order valence-electron chi connectivity index (χ4n) is 2.06. The number of amides is 1. The van der Waals surface area contributed by atoms with Gasteiger partial charge in [-0.1, -0.05) is 13.0 Å². The minimum atomic E-state index is -0.160. The average molecular weight is 278 g/mol. The molecule has 0 saturated carbocycles. The normalized spacial score (nSPS) is 14.4. The summed E-state index contributed by atoms with van der Waals surface area (Å²) < 4.78 is 10.7. The summed E-state index contributed by atoms with van der Waals surface area (Å²) in [5.41, 5.74) is 1.10. The zero-order valence-corrected chi connectivity index (χ0v) is 12.3. The summed E-state index contributed by atoms with van der Waals surface area (Å²) in [6, 6.07) is 5.72. The van der Waals surface area contributed by atoms with Gasteiger partial charge in [-0.2, -0.15) is 0 Å². The van der Waals surface area contributed by atoms with Crippen LogP contribution in [0.5, 0.6) is 11.5 Å². The number of carbonyl (C=O) groups excluding carboxylic acids is 1. The topological polar surface area (TPSA) is 50.8 Å². The first-order valence-electron chi connectivity index (χ1n) is 6.98. The summed E-state index contributed by atoms with van der Waals surface area (Å²) in [4.78, 5) is 13.9. The van der Waals surface area contributed by atoms with Crippen LogP contribution in [0.4, 0.5) is 0 Å². The molecule has 5 nitrogen and oxygen atoms in total. The van der Waals surface area contributed by atoms with Crippen LogP contribution in [0, 0.1) is 0 Å². The van der Waals surface area contributed by atoms with Gasteiger partial charge in [-0.15, -0.1) is 0 Å². The van der Waals surface area contributed by atoms with E-state index in [1.807, 2.05) is 44.0 Å². The summed E-state index contributed by atoms with van der Waals surface area (Å²) in [5.74, 6) is 1.62. The summed E-state index contributed by atoms with van der Waals surface area (Å²) in [6.07, 6.45) is 0.949. The highest BCUT2D eigenvalue weighted by atomic mass is 16.7. The van der Waals surface area contributed by atoms with Crippen molar-refractivity contribution in [1.82, 2.24) is 10.2 Å². The Morgan fingerprint density at radius 1 is 1.40 bits per heavy atom. The van der Waals surface area contributed by atoms with Crippen LogP contribution in [0.25, 0.3) is 0 Å². The molecule has 1 heterocycles. The maximum absolute atomic E-state index is 11.9. The van der Waals surface area contributed by atoms with Crippen molar-refractivity contribution >= 4 is 5.91 Å². The van der Waals surface area contributed by atoms with Crippen molar-refractivity contribution in [3.8, 4) is 11.5 Å². The van der Waals surface area contributed by atoms with Crippen LogP contribution in [-0.4, -0.2) is 37.2 Å². The molecule has 1 atom stereocenters. The van der Waals surface area contributed by atoms with Crippen LogP contribution >= 0.6 is 0 Å². The zero-order chi connectivity index (χ0) is 14.5. The fraction of sp³-hybridized carbons (Fsp3) is 0.533. The Hall–Kier alpha value is -1.75. The van der Waals surface area contributed by atoms with Crippen LogP contribution in [0.3, 0.4) is 0 Å². The molecular formula is C15H22N2O3. The molecule has 1 aliphatic heterocycles. The Kier molecular flexibility index (Phi) is 4.84. The van der Waals surface area contributed by atoms with E-state index in [0.717, 1.165) is 30.0 Å². The van der Waals surface area contributed by atoms with Crippen LogP contribution in [0.15, 0.2) is 18.2 Å². The van der Waals surface area contributed by atoms with Crippen LogP contribution in [0.2, 0.25) is 0 Å². The molecule has 1 aromatic carbocycles. The standard InChI is InChI=1S/C15H22N2O3/c1-4-7-16-15(18)11(2)17(3)9-12-5-6-13-14(8-12)20-10-19-13/h5-6,8,11H,4,7,9-10H2,1-3H3,(H,16,18). The van der Waals surface area contributed by atoms with Crippen molar-refractivity contribution in [2.24, 2.45) is 0 Å². The van der Waals surface area contributed by atoms with Crippen LogP contribution in [0.1, 0.15) is 25.8 Å².